The van der Waals surface area contributed by atoms with Gasteiger partial charge in [-0.05, 0) is 24.3 Å². The third kappa shape index (κ3) is 4.41. The molecule has 0 spiro atoms. The van der Waals surface area contributed by atoms with Gasteiger partial charge in [-0.3, -0.25) is 14.2 Å². The van der Waals surface area contributed by atoms with Crippen LogP contribution in [0.4, 0.5) is 0 Å². The lowest BCUT2D eigenvalue weighted by Gasteiger charge is -2.22. The number of oxazole rings is 1. The predicted octanol–water partition coefficient (Wildman–Crippen LogP) is 1.90. The van der Waals surface area contributed by atoms with Crippen LogP contribution in [0, 0.1) is 0 Å². The Balaban J connectivity index is 1.53. The number of rotatable bonds is 8. The number of carbonyl (C=O) groups is 1. The smallest absolute Gasteiger partial charge is 0.408 e. The number of aromatic nitrogens is 3. The highest BCUT2D eigenvalue weighted by Crippen LogP contribution is 2.13. The van der Waals surface area contributed by atoms with Gasteiger partial charge in [0, 0.05) is 26.6 Å². The summed E-state index contributed by atoms with van der Waals surface area (Å²) >= 11 is 0. The van der Waals surface area contributed by atoms with Crippen LogP contribution in [0.5, 0.6) is 0 Å². The van der Waals surface area contributed by atoms with Gasteiger partial charge in [0.1, 0.15) is 5.82 Å². The number of hydrogen-bond acceptors (Lipinski definition) is 6. The van der Waals surface area contributed by atoms with E-state index in [1.54, 1.807) is 54.5 Å². The molecule has 9 heteroatoms. The number of amides is 1. The number of nitrogens with one attached hydrogen (secondary N) is 1. The Hall–Kier alpha value is -3.72. The number of H-pyrrole nitrogens is 1. The SMILES string of the molecule is COCCN(Cc1nc2ccccc2c(=O)[nH]1)C(=O)CCn1c(=O)oc2ccccc21. The van der Waals surface area contributed by atoms with Crippen LogP contribution in [0.1, 0.15) is 12.2 Å². The number of nitrogens with zero attached hydrogens (tertiary/aromatic N) is 3. The highest BCUT2D eigenvalue weighted by Gasteiger charge is 2.17. The van der Waals surface area contributed by atoms with Crippen molar-refractivity contribution in [2.45, 2.75) is 19.5 Å². The van der Waals surface area contributed by atoms with Gasteiger partial charge in [-0.15, -0.1) is 0 Å². The minimum absolute atomic E-state index is 0.0883. The van der Waals surface area contributed by atoms with Crippen LogP contribution in [0.3, 0.4) is 0 Å². The van der Waals surface area contributed by atoms with E-state index in [1.807, 2.05) is 6.07 Å². The third-order valence-corrected chi connectivity index (χ3v) is 5.04. The van der Waals surface area contributed by atoms with Crippen molar-refractivity contribution < 1.29 is 13.9 Å². The van der Waals surface area contributed by atoms with E-state index in [1.165, 1.54) is 4.57 Å². The van der Waals surface area contributed by atoms with Crippen LogP contribution in [0.15, 0.2) is 62.5 Å². The molecule has 9 nitrogen and oxygen atoms in total. The summed E-state index contributed by atoms with van der Waals surface area (Å²) in [7, 11) is 1.55. The van der Waals surface area contributed by atoms with Gasteiger partial charge in [-0.1, -0.05) is 24.3 Å². The third-order valence-electron chi connectivity index (χ3n) is 5.04. The van der Waals surface area contributed by atoms with Crippen molar-refractivity contribution in [1.29, 1.82) is 0 Å². The molecule has 0 saturated heterocycles. The highest BCUT2D eigenvalue weighted by atomic mass is 16.5. The average Bonchev–Trinajstić information content (AvgIpc) is 3.10. The van der Waals surface area contributed by atoms with Crippen LogP contribution < -0.4 is 11.3 Å². The monoisotopic (exact) mass is 422 g/mol. The minimum atomic E-state index is -0.502. The summed E-state index contributed by atoms with van der Waals surface area (Å²) in [5, 5.41) is 0.493. The van der Waals surface area contributed by atoms with E-state index < -0.39 is 5.76 Å². The fourth-order valence-electron chi connectivity index (χ4n) is 3.48. The maximum atomic E-state index is 12.9. The van der Waals surface area contributed by atoms with E-state index in [9.17, 15) is 14.4 Å². The summed E-state index contributed by atoms with van der Waals surface area (Å²) in [4.78, 5) is 46.2. The summed E-state index contributed by atoms with van der Waals surface area (Å²) in [6, 6.07) is 14.1. The molecule has 2 aromatic heterocycles. The summed E-state index contributed by atoms with van der Waals surface area (Å²) in [5.74, 6) is -0.304. The first-order chi connectivity index (χ1) is 15.1. The molecule has 1 amide bonds. The number of methoxy groups -OCH3 is 1. The number of aryl methyl sites for hydroxylation is 1. The molecule has 1 N–H and O–H groups in total. The normalized spacial score (nSPS) is 11.3. The van der Waals surface area contributed by atoms with E-state index in [0.717, 1.165) is 0 Å². The van der Waals surface area contributed by atoms with Gasteiger partial charge < -0.3 is 19.0 Å². The number of hydrogen-bond donors (Lipinski definition) is 1. The molecule has 0 fully saturated rings. The summed E-state index contributed by atoms with van der Waals surface area (Å²) in [6.45, 7) is 0.966. The van der Waals surface area contributed by atoms with Gasteiger partial charge in [0.15, 0.2) is 5.58 Å². The Morgan fingerprint density at radius 3 is 2.77 bits per heavy atom. The van der Waals surface area contributed by atoms with Crippen LogP contribution in [0.2, 0.25) is 0 Å². The van der Waals surface area contributed by atoms with Crippen LogP contribution in [-0.2, 0) is 22.6 Å². The molecule has 0 aliphatic carbocycles. The fourth-order valence-corrected chi connectivity index (χ4v) is 3.48. The first-order valence-electron chi connectivity index (χ1n) is 9.90. The van der Waals surface area contributed by atoms with Crippen molar-refractivity contribution in [3.05, 3.63) is 75.3 Å². The molecule has 0 saturated carbocycles. The second-order valence-corrected chi connectivity index (χ2v) is 7.08. The molecule has 0 aliphatic rings. The first kappa shape index (κ1) is 20.5. The van der Waals surface area contributed by atoms with E-state index in [0.29, 0.717) is 41.0 Å². The van der Waals surface area contributed by atoms with Gasteiger partial charge in [0.2, 0.25) is 5.91 Å². The zero-order valence-corrected chi connectivity index (χ0v) is 17.0. The highest BCUT2D eigenvalue weighted by molar-refractivity contribution is 5.78. The molecule has 4 rings (SSSR count). The molecule has 0 unspecified atom stereocenters. The van der Waals surface area contributed by atoms with Crippen molar-refractivity contribution in [1.82, 2.24) is 19.4 Å². The molecular formula is C22H22N4O5. The summed E-state index contributed by atoms with van der Waals surface area (Å²) < 4.78 is 11.8. The van der Waals surface area contributed by atoms with E-state index in [4.69, 9.17) is 9.15 Å². The maximum absolute atomic E-state index is 12.9. The topological polar surface area (TPSA) is 110 Å². The Morgan fingerprint density at radius 2 is 1.94 bits per heavy atom. The van der Waals surface area contributed by atoms with Gasteiger partial charge in [0.25, 0.3) is 5.56 Å². The van der Waals surface area contributed by atoms with Gasteiger partial charge in [-0.25, -0.2) is 9.78 Å². The number of carbonyl (C=O) groups excluding carboxylic acids is 1. The van der Waals surface area contributed by atoms with Crippen molar-refractivity contribution in [2.24, 2.45) is 0 Å². The molecule has 2 heterocycles. The average molecular weight is 422 g/mol. The van der Waals surface area contributed by atoms with Crippen molar-refractivity contribution >= 4 is 27.9 Å². The number of ether oxygens (including phenoxy) is 1. The van der Waals surface area contributed by atoms with Gasteiger partial charge in [0.05, 0.1) is 29.6 Å². The zero-order chi connectivity index (χ0) is 21.8. The van der Waals surface area contributed by atoms with Crippen LogP contribution in [0.25, 0.3) is 22.0 Å². The number of fused-ring (bicyclic) bond motifs is 2. The molecule has 0 bridgehead atoms. The lowest BCUT2D eigenvalue weighted by molar-refractivity contribution is -0.132. The molecule has 0 aliphatic heterocycles. The lowest BCUT2D eigenvalue weighted by atomic mass is 10.2. The first-order valence-corrected chi connectivity index (χ1v) is 9.90. The molecule has 2 aromatic carbocycles. The van der Waals surface area contributed by atoms with E-state index in [-0.39, 0.29) is 31.0 Å². The molecule has 4 aromatic rings. The molecule has 0 radical (unpaired) electrons. The Kier molecular flexibility index (Phi) is 5.94. The largest absolute Gasteiger partial charge is 0.419 e. The molecule has 160 valence electrons. The minimum Gasteiger partial charge on any atom is -0.408 e. The van der Waals surface area contributed by atoms with Crippen LogP contribution >= 0.6 is 0 Å². The Labute approximate surface area is 176 Å². The summed E-state index contributed by atoms with van der Waals surface area (Å²) in [6.07, 6.45) is 0.0883. The second-order valence-electron chi connectivity index (χ2n) is 7.08. The Bertz CT molecular complexity index is 1340. The molecule has 0 atom stereocenters. The fraction of sp³-hybridized carbons (Fsp3) is 0.273. The molecule has 31 heavy (non-hydrogen) atoms. The maximum Gasteiger partial charge on any atom is 0.419 e. The quantitative estimate of drug-likeness (QED) is 0.464. The van der Waals surface area contributed by atoms with Crippen molar-refractivity contribution in [3.8, 4) is 0 Å². The van der Waals surface area contributed by atoms with Gasteiger partial charge >= 0.3 is 5.76 Å². The van der Waals surface area contributed by atoms with Gasteiger partial charge in [-0.2, -0.15) is 0 Å². The Morgan fingerprint density at radius 1 is 1.16 bits per heavy atom. The number of benzene rings is 2. The number of para-hydroxylation sites is 3. The standard InChI is InChI=1S/C22H22N4O5/c1-30-13-12-25(14-19-23-16-7-3-2-6-15(16)21(28)24-19)20(27)10-11-26-17-8-4-5-9-18(17)31-22(26)29/h2-9H,10-14H2,1H3,(H,23,24,28). The van der Waals surface area contributed by atoms with E-state index in [2.05, 4.69) is 9.97 Å². The predicted molar refractivity (Wildman–Crippen MR) is 115 cm³/mol. The number of aromatic amines is 1. The van der Waals surface area contributed by atoms with Crippen molar-refractivity contribution in [2.75, 3.05) is 20.3 Å². The summed E-state index contributed by atoms with van der Waals surface area (Å²) in [5.41, 5.74) is 1.44. The van der Waals surface area contributed by atoms with Crippen molar-refractivity contribution in [3.63, 3.8) is 0 Å². The van der Waals surface area contributed by atoms with E-state index >= 15 is 0 Å². The second kappa shape index (κ2) is 8.97. The van der Waals surface area contributed by atoms with Crippen LogP contribution in [-0.4, -0.2) is 45.6 Å². The lowest BCUT2D eigenvalue weighted by Crippen LogP contribution is -2.35. The zero-order valence-electron chi connectivity index (χ0n) is 17.0. The molecular weight excluding hydrogens is 400 g/mol.